The molecule has 2 heterocycles. The number of piperidine rings is 1. The lowest BCUT2D eigenvalue weighted by Gasteiger charge is -2.33. The van der Waals surface area contributed by atoms with Crippen LogP contribution in [0.4, 0.5) is 24.7 Å². The summed E-state index contributed by atoms with van der Waals surface area (Å²) in [6.07, 6.45) is -1.69. The number of carbonyl (C=O) groups excluding carboxylic acids is 1. The highest BCUT2D eigenvalue weighted by molar-refractivity contribution is 6.33. The van der Waals surface area contributed by atoms with Crippen molar-refractivity contribution in [2.24, 2.45) is 5.92 Å². The summed E-state index contributed by atoms with van der Waals surface area (Å²) < 4.78 is 38.4. The smallest absolute Gasteiger partial charge is 0.355 e. The first-order chi connectivity index (χ1) is 13.7. The molecule has 1 fully saturated rings. The van der Waals surface area contributed by atoms with Crippen molar-refractivity contribution in [3.63, 3.8) is 0 Å². The van der Waals surface area contributed by atoms with Crippen LogP contribution in [0.1, 0.15) is 36.5 Å². The van der Waals surface area contributed by atoms with E-state index in [1.54, 1.807) is 0 Å². The van der Waals surface area contributed by atoms with Crippen molar-refractivity contribution in [2.45, 2.75) is 39.3 Å². The number of nitrogens with zero attached hydrogens (tertiary/aromatic N) is 2. The van der Waals surface area contributed by atoms with Crippen LogP contribution in [-0.4, -0.2) is 24.0 Å². The molecular formula is C21H23ClF3N3O. The first-order valence-corrected chi connectivity index (χ1v) is 9.95. The highest BCUT2D eigenvalue weighted by Crippen LogP contribution is 2.35. The van der Waals surface area contributed by atoms with E-state index in [1.165, 1.54) is 0 Å². The number of carbonyl (C=O) groups is 1. The monoisotopic (exact) mass is 425 g/mol. The zero-order chi connectivity index (χ0) is 21.2. The average Bonchev–Trinajstić information content (AvgIpc) is 2.69. The standard InChI is InChI=1S/C21H23ClF3N3O/c1-3-14-6-4-5-13(2)18(14)27-20(29)15-7-9-28(10-8-15)19-17(22)11-16(12-26-19)21(23,24)25/h4-6,11-12,15H,3,7-10H2,1-2H3,(H,27,29). The Morgan fingerprint density at radius 1 is 1.31 bits per heavy atom. The molecule has 156 valence electrons. The number of halogens is 4. The summed E-state index contributed by atoms with van der Waals surface area (Å²) in [6, 6.07) is 6.84. The average molecular weight is 426 g/mol. The summed E-state index contributed by atoms with van der Waals surface area (Å²) in [6.45, 7) is 5.02. The fraction of sp³-hybridized carbons (Fsp3) is 0.429. The third-order valence-corrected chi connectivity index (χ3v) is 5.58. The van der Waals surface area contributed by atoms with Crippen LogP contribution in [-0.2, 0) is 17.4 Å². The molecule has 1 amide bonds. The number of para-hydroxylation sites is 1. The third-order valence-electron chi connectivity index (χ3n) is 5.30. The van der Waals surface area contributed by atoms with Gasteiger partial charge in [0.25, 0.3) is 0 Å². The zero-order valence-electron chi connectivity index (χ0n) is 16.3. The largest absolute Gasteiger partial charge is 0.417 e. The number of pyridine rings is 1. The first-order valence-electron chi connectivity index (χ1n) is 9.57. The van der Waals surface area contributed by atoms with Crippen LogP contribution in [0.15, 0.2) is 30.5 Å². The second-order valence-electron chi connectivity index (χ2n) is 7.24. The summed E-state index contributed by atoms with van der Waals surface area (Å²) in [5, 5.41) is 3.03. The predicted octanol–water partition coefficient (Wildman–Crippen LogP) is 5.48. The molecule has 1 aromatic heterocycles. The Hall–Kier alpha value is -2.28. The van der Waals surface area contributed by atoms with Crippen LogP contribution in [0.5, 0.6) is 0 Å². The van der Waals surface area contributed by atoms with Gasteiger partial charge in [0.1, 0.15) is 5.82 Å². The molecule has 0 radical (unpaired) electrons. The van der Waals surface area contributed by atoms with Crippen molar-refractivity contribution in [3.8, 4) is 0 Å². The first kappa shape index (κ1) is 21.4. The van der Waals surface area contributed by atoms with E-state index < -0.39 is 11.7 Å². The number of hydrogen-bond acceptors (Lipinski definition) is 3. The second kappa shape index (κ2) is 8.61. The molecule has 8 heteroatoms. The second-order valence-corrected chi connectivity index (χ2v) is 7.65. The van der Waals surface area contributed by atoms with Gasteiger partial charge in [-0.2, -0.15) is 13.2 Å². The van der Waals surface area contributed by atoms with Crippen LogP contribution >= 0.6 is 11.6 Å². The Morgan fingerprint density at radius 2 is 2.00 bits per heavy atom. The molecule has 1 saturated heterocycles. The number of rotatable bonds is 4. The van der Waals surface area contributed by atoms with E-state index >= 15 is 0 Å². The molecule has 0 saturated carbocycles. The lowest BCUT2D eigenvalue weighted by Crippen LogP contribution is -2.39. The molecule has 1 aromatic carbocycles. The maximum atomic E-state index is 12.8. The van der Waals surface area contributed by atoms with Gasteiger partial charge < -0.3 is 10.2 Å². The number of aromatic nitrogens is 1. The normalized spacial score (nSPS) is 15.4. The Labute approximate surface area is 173 Å². The Bertz CT molecular complexity index is 893. The molecule has 1 N–H and O–H groups in total. The van der Waals surface area contributed by atoms with E-state index in [0.29, 0.717) is 31.7 Å². The predicted molar refractivity (Wildman–Crippen MR) is 108 cm³/mol. The summed E-state index contributed by atoms with van der Waals surface area (Å²) in [5.41, 5.74) is 2.12. The highest BCUT2D eigenvalue weighted by Gasteiger charge is 2.33. The van der Waals surface area contributed by atoms with Crippen molar-refractivity contribution in [1.29, 1.82) is 0 Å². The van der Waals surface area contributed by atoms with Crippen molar-refractivity contribution in [2.75, 3.05) is 23.3 Å². The van der Waals surface area contributed by atoms with Gasteiger partial charge in [-0.25, -0.2) is 4.98 Å². The Kier molecular flexibility index (Phi) is 6.36. The van der Waals surface area contributed by atoms with E-state index in [9.17, 15) is 18.0 Å². The topological polar surface area (TPSA) is 45.2 Å². The number of nitrogens with one attached hydrogen (secondary N) is 1. The molecule has 0 unspecified atom stereocenters. The summed E-state index contributed by atoms with van der Waals surface area (Å²) in [4.78, 5) is 18.5. The van der Waals surface area contributed by atoms with Crippen molar-refractivity contribution < 1.29 is 18.0 Å². The summed E-state index contributed by atoms with van der Waals surface area (Å²) in [7, 11) is 0. The summed E-state index contributed by atoms with van der Waals surface area (Å²) >= 11 is 6.04. The van der Waals surface area contributed by atoms with Gasteiger partial charge >= 0.3 is 6.18 Å². The number of benzene rings is 1. The van der Waals surface area contributed by atoms with E-state index in [4.69, 9.17) is 11.6 Å². The van der Waals surface area contributed by atoms with Gasteiger partial charge in [0.05, 0.1) is 10.6 Å². The molecule has 4 nitrogen and oxygen atoms in total. The molecule has 0 spiro atoms. The lowest BCUT2D eigenvalue weighted by molar-refractivity contribution is -0.137. The van der Waals surface area contributed by atoms with Gasteiger partial charge in [-0.3, -0.25) is 4.79 Å². The van der Waals surface area contributed by atoms with E-state index in [0.717, 1.165) is 35.5 Å². The van der Waals surface area contributed by atoms with Crippen molar-refractivity contribution in [1.82, 2.24) is 4.98 Å². The molecule has 1 aliphatic heterocycles. The Morgan fingerprint density at radius 3 is 2.59 bits per heavy atom. The SMILES string of the molecule is CCc1cccc(C)c1NC(=O)C1CCN(c2ncc(C(F)(F)F)cc2Cl)CC1. The molecule has 0 bridgehead atoms. The van der Waals surface area contributed by atoms with Crippen molar-refractivity contribution in [3.05, 3.63) is 52.2 Å². The maximum Gasteiger partial charge on any atom is 0.417 e. The number of anilines is 2. The molecule has 0 aliphatic carbocycles. The van der Waals surface area contributed by atoms with Gasteiger partial charge in [-0.05, 0) is 43.4 Å². The molecule has 1 aliphatic rings. The quantitative estimate of drug-likeness (QED) is 0.705. The van der Waals surface area contributed by atoms with Crippen LogP contribution in [0, 0.1) is 12.8 Å². The molecule has 2 aromatic rings. The molecule has 29 heavy (non-hydrogen) atoms. The fourth-order valence-corrected chi connectivity index (χ4v) is 3.89. The minimum Gasteiger partial charge on any atom is -0.355 e. The van der Waals surface area contributed by atoms with Crippen molar-refractivity contribution >= 4 is 29.0 Å². The van der Waals surface area contributed by atoms with E-state index in [1.807, 2.05) is 36.9 Å². The van der Waals surface area contributed by atoms with E-state index in [-0.39, 0.29) is 16.8 Å². The van der Waals surface area contributed by atoms with Crippen LogP contribution in [0.2, 0.25) is 5.02 Å². The minimum atomic E-state index is -4.48. The van der Waals surface area contributed by atoms with Gasteiger partial charge in [0, 0.05) is 30.9 Å². The van der Waals surface area contributed by atoms with Gasteiger partial charge in [0.15, 0.2) is 0 Å². The maximum absolute atomic E-state index is 12.8. The number of alkyl halides is 3. The summed E-state index contributed by atoms with van der Waals surface area (Å²) in [5.74, 6) is 0.134. The lowest BCUT2D eigenvalue weighted by atomic mass is 9.95. The number of aryl methyl sites for hydroxylation is 2. The Balaban J connectivity index is 1.64. The zero-order valence-corrected chi connectivity index (χ0v) is 17.1. The molecule has 0 atom stereocenters. The molecule has 3 rings (SSSR count). The van der Waals surface area contributed by atoms with Gasteiger partial charge in [-0.15, -0.1) is 0 Å². The van der Waals surface area contributed by atoms with Crippen LogP contribution in [0.3, 0.4) is 0 Å². The number of hydrogen-bond donors (Lipinski definition) is 1. The number of amides is 1. The van der Waals surface area contributed by atoms with Gasteiger partial charge in [0.2, 0.25) is 5.91 Å². The fourth-order valence-electron chi connectivity index (χ4n) is 3.60. The molecular weight excluding hydrogens is 403 g/mol. The van der Waals surface area contributed by atoms with E-state index in [2.05, 4.69) is 10.3 Å². The highest BCUT2D eigenvalue weighted by atomic mass is 35.5. The van der Waals surface area contributed by atoms with Gasteiger partial charge in [-0.1, -0.05) is 36.7 Å². The third kappa shape index (κ3) is 4.83. The minimum absolute atomic E-state index is 0.0277. The van der Waals surface area contributed by atoms with Crippen LogP contribution in [0.25, 0.3) is 0 Å². The van der Waals surface area contributed by atoms with Crippen LogP contribution < -0.4 is 10.2 Å².